The van der Waals surface area contributed by atoms with E-state index in [-0.39, 0.29) is 0 Å². The minimum absolute atomic E-state index is 0.392. The Balaban J connectivity index is 1.79. The molecule has 4 heterocycles. The number of rotatable bonds is 9. The van der Waals surface area contributed by atoms with Crippen LogP contribution in [0.15, 0.2) is 18.3 Å². The van der Waals surface area contributed by atoms with Crippen molar-refractivity contribution in [2.24, 2.45) is 5.92 Å². The third-order valence-corrected chi connectivity index (χ3v) is 5.84. The van der Waals surface area contributed by atoms with Gasteiger partial charge in [0.05, 0.1) is 24.8 Å². The summed E-state index contributed by atoms with van der Waals surface area (Å²) in [5, 5.41) is 17.7. The number of ether oxygens (including phenoxy) is 1. The van der Waals surface area contributed by atoms with E-state index in [0.717, 1.165) is 35.3 Å². The lowest BCUT2D eigenvalue weighted by Crippen LogP contribution is -2.39. The number of aryl methyl sites for hydroxylation is 2. The fraction of sp³-hybridized carbons (Fsp3) is 0.522. The first kappa shape index (κ1) is 22.9. The first-order valence-corrected chi connectivity index (χ1v) is 11.5. The monoisotopic (exact) mass is 453 g/mol. The predicted octanol–water partition coefficient (Wildman–Crippen LogP) is 3.17. The van der Waals surface area contributed by atoms with Gasteiger partial charge >= 0.3 is 5.97 Å². The molecular formula is C23H31N7O3. The minimum Gasteiger partial charge on any atom is -0.481 e. The highest BCUT2D eigenvalue weighted by molar-refractivity contribution is 5.90. The molecule has 10 nitrogen and oxygen atoms in total. The summed E-state index contributed by atoms with van der Waals surface area (Å²) < 4.78 is 7.44. The van der Waals surface area contributed by atoms with Gasteiger partial charge < -0.3 is 20.1 Å². The van der Waals surface area contributed by atoms with Gasteiger partial charge in [0.1, 0.15) is 16.9 Å². The molecule has 33 heavy (non-hydrogen) atoms. The molecule has 1 aliphatic heterocycles. The minimum atomic E-state index is -0.777. The fourth-order valence-corrected chi connectivity index (χ4v) is 4.08. The van der Waals surface area contributed by atoms with E-state index in [1.54, 1.807) is 6.20 Å². The molecule has 0 aliphatic carbocycles. The van der Waals surface area contributed by atoms with Crippen LogP contribution in [0.4, 0.5) is 17.6 Å². The molecule has 0 spiro atoms. The Morgan fingerprint density at radius 3 is 2.85 bits per heavy atom. The van der Waals surface area contributed by atoms with Crippen molar-refractivity contribution in [1.29, 1.82) is 0 Å². The van der Waals surface area contributed by atoms with E-state index < -0.39 is 11.9 Å². The van der Waals surface area contributed by atoms with Crippen molar-refractivity contribution in [3.05, 3.63) is 29.6 Å². The quantitative estimate of drug-likeness (QED) is 0.471. The van der Waals surface area contributed by atoms with Crippen molar-refractivity contribution in [2.75, 3.05) is 36.5 Å². The van der Waals surface area contributed by atoms with Gasteiger partial charge in [0.2, 0.25) is 5.95 Å². The number of carbonyl (C=O) groups is 1. The van der Waals surface area contributed by atoms with Crippen molar-refractivity contribution in [1.82, 2.24) is 24.7 Å². The van der Waals surface area contributed by atoms with Crippen molar-refractivity contribution in [3.8, 4) is 0 Å². The summed E-state index contributed by atoms with van der Waals surface area (Å²) in [6.45, 7) is 8.86. The Morgan fingerprint density at radius 1 is 1.30 bits per heavy atom. The summed E-state index contributed by atoms with van der Waals surface area (Å²) >= 11 is 0. The van der Waals surface area contributed by atoms with Crippen molar-refractivity contribution < 1.29 is 14.6 Å². The van der Waals surface area contributed by atoms with E-state index in [4.69, 9.17) is 19.8 Å². The first-order valence-electron chi connectivity index (χ1n) is 11.5. The molecular weight excluding hydrogens is 422 g/mol. The number of fused-ring (bicyclic) bond motifs is 1. The van der Waals surface area contributed by atoms with Crippen LogP contribution in [0.3, 0.4) is 0 Å². The number of carboxylic acids is 1. The van der Waals surface area contributed by atoms with E-state index >= 15 is 0 Å². The Kier molecular flexibility index (Phi) is 7.02. The van der Waals surface area contributed by atoms with Gasteiger partial charge in [0.15, 0.2) is 5.82 Å². The molecule has 0 radical (unpaired) electrons. The number of nitrogens with zero attached hydrogens (tertiary/aromatic N) is 6. The lowest BCUT2D eigenvalue weighted by Gasteiger charge is -2.31. The van der Waals surface area contributed by atoms with Crippen LogP contribution in [0.25, 0.3) is 11.0 Å². The van der Waals surface area contributed by atoms with Crippen molar-refractivity contribution in [2.45, 2.75) is 46.6 Å². The van der Waals surface area contributed by atoms with Gasteiger partial charge in [-0.15, -0.1) is 0 Å². The number of hydrogen-bond acceptors (Lipinski definition) is 8. The van der Waals surface area contributed by atoms with E-state index in [2.05, 4.69) is 10.3 Å². The smallest absolute Gasteiger partial charge is 0.308 e. The molecule has 1 aliphatic rings. The maximum Gasteiger partial charge on any atom is 0.308 e. The summed E-state index contributed by atoms with van der Waals surface area (Å²) in [6, 6.07) is 3.90. The van der Waals surface area contributed by atoms with Gasteiger partial charge in [-0.2, -0.15) is 10.1 Å². The fourth-order valence-electron chi connectivity index (χ4n) is 4.08. The maximum atomic E-state index is 11.6. The van der Waals surface area contributed by atoms with Crippen LogP contribution >= 0.6 is 0 Å². The molecule has 1 saturated heterocycles. The van der Waals surface area contributed by atoms with Crippen LogP contribution in [0.1, 0.15) is 37.9 Å². The molecule has 1 fully saturated rings. The normalized spacial score (nSPS) is 16.3. The largest absolute Gasteiger partial charge is 0.481 e. The highest BCUT2D eigenvalue weighted by Gasteiger charge is 2.28. The first-order chi connectivity index (χ1) is 16.0. The lowest BCUT2D eigenvalue weighted by molar-refractivity contribution is -0.141. The molecule has 176 valence electrons. The summed E-state index contributed by atoms with van der Waals surface area (Å²) in [5.74, 6) is 0.590. The van der Waals surface area contributed by atoms with Crippen LogP contribution in [-0.4, -0.2) is 62.1 Å². The SMILES string of the molecule is CCOCCn1nc(CC)c2nc(N3CCC[C@@H](C(=O)O)C3)nc(Nc3ccc(C)cn3)c21. The zero-order chi connectivity index (χ0) is 23.4. The molecule has 3 aromatic rings. The van der Waals surface area contributed by atoms with Crippen LogP contribution < -0.4 is 10.2 Å². The van der Waals surface area contributed by atoms with Gasteiger partial charge in [-0.3, -0.25) is 9.48 Å². The molecule has 0 aromatic carbocycles. The Bertz CT molecular complexity index is 1110. The highest BCUT2D eigenvalue weighted by atomic mass is 16.5. The third kappa shape index (κ3) is 5.05. The predicted molar refractivity (Wildman–Crippen MR) is 126 cm³/mol. The Morgan fingerprint density at radius 2 is 2.15 bits per heavy atom. The molecule has 4 rings (SSSR count). The van der Waals surface area contributed by atoms with Crippen LogP contribution in [0.5, 0.6) is 0 Å². The average molecular weight is 454 g/mol. The van der Waals surface area contributed by atoms with Gasteiger partial charge in [0, 0.05) is 25.9 Å². The van der Waals surface area contributed by atoms with Gasteiger partial charge in [0.25, 0.3) is 0 Å². The zero-order valence-corrected chi connectivity index (χ0v) is 19.4. The lowest BCUT2D eigenvalue weighted by atomic mass is 9.99. The van der Waals surface area contributed by atoms with Gasteiger partial charge in [-0.05, 0) is 44.7 Å². The number of piperidine rings is 1. The van der Waals surface area contributed by atoms with E-state index in [1.165, 1.54) is 0 Å². The number of carboxylic acid groups (broad SMARTS) is 1. The molecule has 0 unspecified atom stereocenters. The molecule has 0 bridgehead atoms. The third-order valence-electron chi connectivity index (χ3n) is 5.84. The molecule has 0 saturated carbocycles. The highest BCUT2D eigenvalue weighted by Crippen LogP contribution is 2.30. The number of nitrogens with one attached hydrogen (secondary N) is 1. The second-order valence-electron chi connectivity index (χ2n) is 8.26. The molecule has 2 N–H and O–H groups in total. The summed E-state index contributed by atoms with van der Waals surface area (Å²) in [5.41, 5.74) is 3.50. The van der Waals surface area contributed by atoms with Crippen LogP contribution in [0.2, 0.25) is 0 Å². The van der Waals surface area contributed by atoms with E-state index in [0.29, 0.717) is 56.7 Å². The van der Waals surface area contributed by atoms with Crippen molar-refractivity contribution in [3.63, 3.8) is 0 Å². The number of aliphatic carboxylic acids is 1. The number of anilines is 3. The average Bonchev–Trinajstić information content (AvgIpc) is 3.18. The Hall–Kier alpha value is -3.27. The molecule has 10 heteroatoms. The standard InChI is InChI=1S/C23H31N7O3/c1-4-17-19-20(30(28-17)11-12-33-5-2)21(25-18-9-8-15(3)13-24-18)27-23(26-19)29-10-6-7-16(14-29)22(31)32/h8-9,13,16H,4-7,10-12,14H2,1-3H3,(H,31,32)(H,24,25,26,27)/t16-/m1/s1. The van der Waals surface area contributed by atoms with Gasteiger partial charge in [-0.1, -0.05) is 13.0 Å². The number of hydrogen-bond donors (Lipinski definition) is 2. The zero-order valence-electron chi connectivity index (χ0n) is 19.4. The van der Waals surface area contributed by atoms with E-state index in [9.17, 15) is 9.90 Å². The topological polar surface area (TPSA) is 118 Å². The summed E-state index contributed by atoms with van der Waals surface area (Å²) in [4.78, 5) is 27.7. The van der Waals surface area contributed by atoms with E-state index in [1.807, 2.05) is 42.5 Å². The molecule has 0 amide bonds. The molecule has 1 atom stereocenters. The maximum absolute atomic E-state index is 11.6. The number of aromatic nitrogens is 5. The summed E-state index contributed by atoms with van der Waals surface area (Å²) in [7, 11) is 0. The second kappa shape index (κ2) is 10.1. The number of pyridine rings is 1. The second-order valence-corrected chi connectivity index (χ2v) is 8.26. The van der Waals surface area contributed by atoms with Gasteiger partial charge in [-0.25, -0.2) is 9.97 Å². The molecule has 3 aromatic heterocycles. The summed E-state index contributed by atoms with van der Waals surface area (Å²) in [6.07, 6.45) is 3.97. The van der Waals surface area contributed by atoms with Crippen LogP contribution in [-0.2, 0) is 22.5 Å². The van der Waals surface area contributed by atoms with Crippen molar-refractivity contribution >= 4 is 34.6 Å². The Labute approximate surface area is 193 Å². The van der Waals surface area contributed by atoms with Crippen LogP contribution in [0, 0.1) is 12.8 Å².